The summed E-state index contributed by atoms with van der Waals surface area (Å²) in [5, 5.41) is 0. The van der Waals surface area contributed by atoms with Gasteiger partial charge in [0.15, 0.2) is 0 Å². The van der Waals surface area contributed by atoms with Crippen LogP contribution in [-0.4, -0.2) is 16.3 Å². The molecule has 0 aliphatic rings. The van der Waals surface area contributed by atoms with Crippen LogP contribution in [0.25, 0.3) is 0 Å². The van der Waals surface area contributed by atoms with Crippen molar-refractivity contribution in [2.75, 3.05) is 0 Å². The summed E-state index contributed by atoms with van der Waals surface area (Å²) in [6, 6.07) is 0. The second-order valence-electron chi connectivity index (χ2n) is 1.45. The topological polar surface area (TPSA) is 29.1 Å². The van der Waals surface area contributed by atoms with Crippen LogP contribution in [0.4, 0.5) is 0 Å². The lowest BCUT2D eigenvalue weighted by Crippen LogP contribution is -2.17. The van der Waals surface area contributed by atoms with Crippen LogP contribution in [0.15, 0.2) is 12.2 Å². The average molecular weight is 129 g/mol. The van der Waals surface area contributed by atoms with Gasteiger partial charge < -0.3 is 4.98 Å². The van der Waals surface area contributed by atoms with Gasteiger partial charge in [0, 0.05) is 6.42 Å². The third kappa shape index (κ3) is 3.61. The smallest absolute Gasteiger partial charge is 0.215 e. The fourth-order valence-corrected chi connectivity index (χ4v) is 0.531. The molecule has 0 unspecified atom stereocenters. The van der Waals surface area contributed by atoms with Crippen molar-refractivity contribution < 1.29 is 4.79 Å². The summed E-state index contributed by atoms with van der Waals surface area (Å²) in [4.78, 5) is 13.1. The Hall–Kier alpha value is -0.573. The summed E-state index contributed by atoms with van der Waals surface area (Å²) in [5.41, 5.74) is 0. The van der Waals surface area contributed by atoms with E-state index < -0.39 is 0 Å². The summed E-state index contributed by atoms with van der Waals surface area (Å²) in [7, 11) is 0.756. The maximum absolute atomic E-state index is 10.4. The second-order valence-corrected chi connectivity index (χ2v) is 1.95. The Balaban J connectivity index is 3.25. The van der Waals surface area contributed by atoms with Crippen molar-refractivity contribution in [3.05, 3.63) is 12.2 Å². The van der Waals surface area contributed by atoms with Gasteiger partial charge in [-0.3, -0.25) is 4.79 Å². The molecule has 1 N–H and O–H groups in total. The van der Waals surface area contributed by atoms with Crippen molar-refractivity contribution >= 4 is 16.3 Å². The van der Waals surface area contributed by atoms with Crippen LogP contribution in [0.1, 0.15) is 13.3 Å². The van der Waals surface area contributed by atoms with Gasteiger partial charge in [-0.1, -0.05) is 12.2 Å². The number of carbonyl (C=O) groups is 1. The lowest BCUT2D eigenvalue weighted by atomic mass is 10.4. The highest BCUT2D eigenvalue weighted by atomic mass is 28.2. The molecule has 0 aromatic heterocycles. The molecule has 2 nitrogen and oxygen atoms in total. The van der Waals surface area contributed by atoms with Gasteiger partial charge in [-0.05, 0) is 6.92 Å². The highest BCUT2D eigenvalue weighted by Gasteiger charge is 1.87. The van der Waals surface area contributed by atoms with E-state index in [-0.39, 0.29) is 5.91 Å². The van der Waals surface area contributed by atoms with Gasteiger partial charge in [-0.2, -0.15) is 0 Å². The summed E-state index contributed by atoms with van der Waals surface area (Å²) in [5.74, 6) is 0.120. The van der Waals surface area contributed by atoms with Crippen molar-refractivity contribution in [2.45, 2.75) is 13.3 Å². The van der Waals surface area contributed by atoms with E-state index in [1.807, 2.05) is 19.1 Å². The lowest BCUT2D eigenvalue weighted by molar-refractivity contribution is -0.118. The maximum atomic E-state index is 10.4. The minimum Gasteiger partial charge on any atom is -0.390 e. The molecular formula is C5H11NOSi. The first kappa shape index (κ1) is 7.43. The number of allylic oxidation sites excluding steroid dienone is 1. The Kier molecular flexibility index (Phi) is 4.25. The van der Waals surface area contributed by atoms with Gasteiger partial charge in [-0.25, -0.2) is 0 Å². The van der Waals surface area contributed by atoms with E-state index in [0.29, 0.717) is 6.42 Å². The maximum Gasteiger partial charge on any atom is 0.215 e. The first-order chi connectivity index (χ1) is 3.81. The van der Waals surface area contributed by atoms with Crippen LogP contribution in [0.3, 0.4) is 0 Å². The molecule has 0 aliphatic heterocycles. The summed E-state index contributed by atoms with van der Waals surface area (Å²) >= 11 is 0. The number of nitrogens with one attached hydrogen (secondary N) is 1. The zero-order valence-electron chi connectivity index (χ0n) is 5.27. The number of hydrogen-bond acceptors (Lipinski definition) is 1. The zero-order chi connectivity index (χ0) is 6.41. The van der Waals surface area contributed by atoms with Crippen LogP contribution in [0.5, 0.6) is 0 Å². The molecule has 0 saturated carbocycles. The highest BCUT2D eigenvalue weighted by molar-refractivity contribution is 6.14. The Labute approximate surface area is 52.5 Å². The molecule has 3 heteroatoms. The standard InChI is InChI=1S/C5H11NOSi/c1-2-3-4-5(7)6-8/h2-3H,4H2,1,8H3,(H,6,7). The molecule has 0 radical (unpaired) electrons. The summed E-state index contributed by atoms with van der Waals surface area (Å²) in [6.07, 6.45) is 4.24. The number of rotatable bonds is 2. The molecule has 0 atom stereocenters. The molecule has 46 valence electrons. The summed E-state index contributed by atoms with van der Waals surface area (Å²) in [6.45, 7) is 1.90. The SMILES string of the molecule is CC=CCC(=O)N[SiH3]. The van der Waals surface area contributed by atoms with Crippen molar-refractivity contribution in [1.29, 1.82) is 0 Å². The first-order valence-corrected chi connectivity index (χ1v) is 3.63. The van der Waals surface area contributed by atoms with E-state index in [9.17, 15) is 4.79 Å². The van der Waals surface area contributed by atoms with E-state index in [4.69, 9.17) is 0 Å². The molecule has 0 rings (SSSR count). The molecule has 0 aliphatic carbocycles. The van der Waals surface area contributed by atoms with E-state index >= 15 is 0 Å². The van der Waals surface area contributed by atoms with Gasteiger partial charge >= 0.3 is 0 Å². The first-order valence-electron chi connectivity index (χ1n) is 2.63. The minimum absolute atomic E-state index is 0.120. The number of amides is 1. The molecule has 1 amide bonds. The van der Waals surface area contributed by atoms with E-state index in [2.05, 4.69) is 4.98 Å². The van der Waals surface area contributed by atoms with Crippen molar-refractivity contribution in [2.24, 2.45) is 0 Å². The Morgan fingerprint density at radius 2 is 2.50 bits per heavy atom. The van der Waals surface area contributed by atoms with Gasteiger partial charge in [0.1, 0.15) is 10.4 Å². The van der Waals surface area contributed by atoms with E-state index in [0.717, 1.165) is 10.4 Å². The van der Waals surface area contributed by atoms with Crippen molar-refractivity contribution in [3.63, 3.8) is 0 Å². The average Bonchev–Trinajstić information content (AvgIpc) is 1.83. The van der Waals surface area contributed by atoms with E-state index in [1.54, 1.807) is 0 Å². The van der Waals surface area contributed by atoms with E-state index in [1.165, 1.54) is 0 Å². The quantitative estimate of drug-likeness (QED) is 0.389. The van der Waals surface area contributed by atoms with Crippen LogP contribution < -0.4 is 4.98 Å². The number of carbonyl (C=O) groups excluding carboxylic acids is 1. The zero-order valence-corrected chi connectivity index (χ0v) is 7.27. The molecule has 0 spiro atoms. The molecule has 0 fully saturated rings. The minimum atomic E-state index is 0.120. The molecule has 0 heterocycles. The Morgan fingerprint density at radius 3 is 2.88 bits per heavy atom. The molecule has 0 saturated heterocycles. The monoisotopic (exact) mass is 129 g/mol. The van der Waals surface area contributed by atoms with Crippen molar-refractivity contribution in [1.82, 2.24) is 4.98 Å². The van der Waals surface area contributed by atoms with Crippen LogP contribution in [0.2, 0.25) is 0 Å². The molecule has 0 bridgehead atoms. The molecule has 8 heavy (non-hydrogen) atoms. The van der Waals surface area contributed by atoms with Gasteiger partial charge in [-0.15, -0.1) is 0 Å². The molecule has 0 aromatic carbocycles. The largest absolute Gasteiger partial charge is 0.390 e. The highest BCUT2D eigenvalue weighted by Crippen LogP contribution is 1.79. The predicted molar refractivity (Wildman–Crippen MR) is 37.5 cm³/mol. The summed E-state index contributed by atoms with van der Waals surface area (Å²) < 4.78 is 0. The van der Waals surface area contributed by atoms with Crippen LogP contribution in [-0.2, 0) is 4.79 Å². The fraction of sp³-hybridized carbons (Fsp3) is 0.400. The van der Waals surface area contributed by atoms with Gasteiger partial charge in [0.25, 0.3) is 0 Å². The van der Waals surface area contributed by atoms with Crippen molar-refractivity contribution in [3.8, 4) is 0 Å². The van der Waals surface area contributed by atoms with Crippen LogP contribution in [0, 0.1) is 0 Å². The lowest BCUT2D eigenvalue weighted by Gasteiger charge is -1.90. The second kappa shape index (κ2) is 4.58. The third-order valence-electron chi connectivity index (χ3n) is 0.818. The van der Waals surface area contributed by atoms with Gasteiger partial charge in [0.2, 0.25) is 5.91 Å². The normalized spacial score (nSPS) is 10.1. The third-order valence-corrected chi connectivity index (χ3v) is 1.38. The fourth-order valence-electron chi connectivity index (χ4n) is 0.327. The Bertz CT molecular complexity index is 101. The predicted octanol–water partition coefficient (Wildman–Crippen LogP) is -0.651. The molecule has 0 aromatic rings. The Morgan fingerprint density at radius 1 is 1.88 bits per heavy atom. The molecular weight excluding hydrogens is 118 g/mol. The van der Waals surface area contributed by atoms with Gasteiger partial charge in [0.05, 0.1) is 0 Å². The van der Waals surface area contributed by atoms with Crippen LogP contribution >= 0.6 is 0 Å². The number of hydrogen-bond donors (Lipinski definition) is 1.